The number of rotatable bonds is 17. The average molecular weight is 768 g/mol. The molecule has 7 aromatic rings. The Morgan fingerprint density at radius 2 is 1.19 bits per heavy atom. The molecule has 3 nitrogen and oxygen atoms in total. The van der Waals surface area contributed by atoms with Crippen LogP contribution < -0.4 is 0 Å². The summed E-state index contributed by atoms with van der Waals surface area (Å²) in [5, 5.41) is 0.873. The molecule has 0 bridgehead atoms. The molecule has 0 saturated heterocycles. The summed E-state index contributed by atoms with van der Waals surface area (Å²) in [4.78, 5) is 18.1. The van der Waals surface area contributed by atoms with Crippen LogP contribution in [0.15, 0.2) is 78.9 Å². The van der Waals surface area contributed by atoms with Gasteiger partial charge >= 0.3 is 0 Å². The number of fused-ring (bicyclic) bond motifs is 5. The molecule has 0 unspecified atom stereocenters. The molecule has 8 rings (SSSR count). The monoisotopic (exact) mass is 767 g/mol. The molecule has 54 heavy (non-hydrogen) atoms. The molecule has 0 amide bonds. The molecule has 1 aliphatic carbocycles. The first-order chi connectivity index (χ1) is 26.5. The standard InChI is InChI=1S/C48H53N3S3/c1-5-7-9-11-13-17-25-48(26-18-14-12-10-8-6-2)37-27-32(3)21-23-35(37)36-24-22-34(29-38(36)48)40-30-41(43-31-45-44(53-43)28-33(4)52-45)50-46(49-40)47-51-39-19-15-16-20-42(39)54-47/h15-16,19-24,27-31H,5-14,17-18,25-26H2,1-4H3. The lowest BCUT2D eigenvalue weighted by Crippen LogP contribution is -2.25. The Morgan fingerprint density at radius 1 is 0.537 bits per heavy atom. The van der Waals surface area contributed by atoms with Crippen LogP contribution in [0.5, 0.6) is 0 Å². The van der Waals surface area contributed by atoms with Crippen molar-refractivity contribution in [3.63, 3.8) is 0 Å². The highest BCUT2D eigenvalue weighted by Crippen LogP contribution is 2.55. The fourth-order valence-electron chi connectivity index (χ4n) is 8.71. The van der Waals surface area contributed by atoms with Crippen LogP contribution in [0.1, 0.15) is 125 Å². The molecule has 0 saturated carbocycles. The van der Waals surface area contributed by atoms with E-state index in [1.165, 1.54) is 137 Å². The smallest absolute Gasteiger partial charge is 0.189 e. The molecule has 0 atom stereocenters. The zero-order valence-corrected chi connectivity index (χ0v) is 34.9. The van der Waals surface area contributed by atoms with Gasteiger partial charge in [0, 0.05) is 25.3 Å². The van der Waals surface area contributed by atoms with Crippen molar-refractivity contribution < 1.29 is 0 Å². The van der Waals surface area contributed by atoms with E-state index in [4.69, 9.17) is 15.0 Å². The third kappa shape index (κ3) is 7.59. The molecule has 278 valence electrons. The number of hydrogen-bond acceptors (Lipinski definition) is 6. The number of nitrogens with zero attached hydrogens (tertiary/aromatic N) is 3. The van der Waals surface area contributed by atoms with Crippen LogP contribution in [0, 0.1) is 13.8 Å². The van der Waals surface area contributed by atoms with Crippen LogP contribution in [0.3, 0.4) is 0 Å². The summed E-state index contributed by atoms with van der Waals surface area (Å²) in [7, 11) is 0. The van der Waals surface area contributed by atoms with E-state index < -0.39 is 0 Å². The lowest BCUT2D eigenvalue weighted by atomic mass is 9.70. The Bertz CT molecular complexity index is 2300. The van der Waals surface area contributed by atoms with E-state index in [0.29, 0.717) is 5.82 Å². The molecule has 0 N–H and O–H groups in total. The molecular formula is C48H53N3S3. The number of para-hydroxylation sites is 1. The fourth-order valence-corrected chi connectivity index (χ4v) is 11.9. The third-order valence-corrected chi connectivity index (χ3v) is 14.8. The van der Waals surface area contributed by atoms with Crippen LogP contribution in [-0.2, 0) is 5.41 Å². The van der Waals surface area contributed by atoms with Crippen LogP contribution in [-0.4, -0.2) is 15.0 Å². The van der Waals surface area contributed by atoms with Gasteiger partial charge in [0.05, 0.1) is 26.5 Å². The van der Waals surface area contributed by atoms with Crippen molar-refractivity contribution in [3.05, 3.63) is 100 Å². The number of thiazole rings is 1. The SMILES string of the molecule is CCCCCCCCC1(CCCCCCCC)c2cc(C)ccc2-c2ccc(-c3cc(-c4cc5sc(C)cc5s4)nc(-c4nc5ccccc5s4)n3)cc21. The Kier molecular flexibility index (Phi) is 11.4. The number of thiophene rings is 2. The first-order valence-corrected chi connectivity index (χ1v) is 22.9. The number of unbranched alkanes of at least 4 members (excludes halogenated alkanes) is 10. The zero-order valence-electron chi connectivity index (χ0n) is 32.5. The van der Waals surface area contributed by atoms with Crippen molar-refractivity contribution in [1.29, 1.82) is 0 Å². The highest BCUT2D eigenvalue weighted by atomic mass is 32.1. The summed E-state index contributed by atoms with van der Waals surface area (Å²) in [6.45, 7) is 9.09. The second kappa shape index (κ2) is 16.6. The first kappa shape index (κ1) is 37.2. The predicted molar refractivity (Wildman–Crippen MR) is 236 cm³/mol. The quantitative estimate of drug-likeness (QED) is 0.0866. The molecule has 0 aliphatic heterocycles. The maximum atomic E-state index is 5.34. The Morgan fingerprint density at radius 3 is 1.91 bits per heavy atom. The van der Waals surface area contributed by atoms with E-state index in [0.717, 1.165) is 26.6 Å². The van der Waals surface area contributed by atoms with Gasteiger partial charge in [0.2, 0.25) is 0 Å². The summed E-state index contributed by atoms with van der Waals surface area (Å²) < 4.78 is 3.82. The van der Waals surface area contributed by atoms with Crippen molar-refractivity contribution in [1.82, 2.24) is 15.0 Å². The molecule has 4 heterocycles. The van der Waals surface area contributed by atoms with Crippen molar-refractivity contribution in [2.45, 2.75) is 123 Å². The number of aryl methyl sites for hydroxylation is 2. The molecule has 3 aromatic carbocycles. The van der Waals surface area contributed by atoms with Crippen LogP contribution in [0.4, 0.5) is 0 Å². The largest absolute Gasteiger partial charge is 0.233 e. The van der Waals surface area contributed by atoms with E-state index in [2.05, 4.69) is 107 Å². The normalized spacial score (nSPS) is 13.3. The van der Waals surface area contributed by atoms with Gasteiger partial charge in [-0.25, -0.2) is 15.0 Å². The minimum Gasteiger partial charge on any atom is -0.233 e. The summed E-state index contributed by atoms with van der Waals surface area (Å²) in [5.41, 5.74) is 11.4. The van der Waals surface area contributed by atoms with Gasteiger partial charge in [-0.15, -0.1) is 34.0 Å². The van der Waals surface area contributed by atoms with Gasteiger partial charge in [-0.1, -0.05) is 139 Å². The highest BCUT2D eigenvalue weighted by molar-refractivity contribution is 7.29. The van der Waals surface area contributed by atoms with Crippen molar-refractivity contribution in [2.24, 2.45) is 0 Å². The van der Waals surface area contributed by atoms with E-state index in [1.807, 2.05) is 22.7 Å². The van der Waals surface area contributed by atoms with Crippen molar-refractivity contribution in [3.8, 4) is 43.8 Å². The van der Waals surface area contributed by atoms with Gasteiger partial charge in [-0.2, -0.15) is 0 Å². The van der Waals surface area contributed by atoms with E-state index in [9.17, 15) is 0 Å². The molecular weight excluding hydrogens is 715 g/mol. The van der Waals surface area contributed by atoms with E-state index in [1.54, 1.807) is 16.9 Å². The Hall–Kier alpha value is -3.71. The highest BCUT2D eigenvalue weighted by Gasteiger charge is 2.42. The Balaban J connectivity index is 1.23. The van der Waals surface area contributed by atoms with Crippen LogP contribution >= 0.6 is 34.0 Å². The summed E-state index contributed by atoms with van der Waals surface area (Å²) in [5.74, 6) is 0.710. The van der Waals surface area contributed by atoms with Crippen molar-refractivity contribution in [2.75, 3.05) is 0 Å². The molecule has 1 aliphatic rings. The van der Waals surface area contributed by atoms with E-state index >= 15 is 0 Å². The lowest BCUT2D eigenvalue weighted by Gasteiger charge is -2.33. The minimum atomic E-state index is 0.0178. The van der Waals surface area contributed by atoms with Gasteiger partial charge in [-0.05, 0) is 85.3 Å². The minimum absolute atomic E-state index is 0.0178. The maximum Gasteiger partial charge on any atom is 0.189 e. The number of hydrogen-bond donors (Lipinski definition) is 0. The third-order valence-electron chi connectivity index (χ3n) is 11.5. The zero-order chi connectivity index (χ0) is 37.1. The topological polar surface area (TPSA) is 38.7 Å². The molecule has 6 heteroatoms. The van der Waals surface area contributed by atoms with Gasteiger partial charge in [0.1, 0.15) is 0 Å². The summed E-state index contributed by atoms with van der Waals surface area (Å²) in [6.07, 6.45) is 18.2. The van der Waals surface area contributed by atoms with E-state index in [-0.39, 0.29) is 5.41 Å². The second-order valence-electron chi connectivity index (χ2n) is 15.6. The maximum absolute atomic E-state index is 5.34. The summed E-state index contributed by atoms with van der Waals surface area (Å²) >= 11 is 5.37. The number of benzene rings is 3. The molecule has 4 aromatic heterocycles. The lowest BCUT2D eigenvalue weighted by molar-refractivity contribution is 0.398. The van der Waals surface area contributed by atoms with Crippen molar-refractivity contribution >= 4 is 53.6 Å². The molecule has 0 spiro atoms. The average Bonchev–Trinajstić information content (AvgIpc) is 3.94. The fraction of sp³-hybridized carbons (Fsp3) is 0.396. The molecule has 0 fully saturated rings. The first-order valence-electron chi connectivity index (χ1n) is 20.5. The predicted octanol–water partition coefficient (Wildman–Crippen LogP) is 15.7. The Labute approximate surface area is 334 Å². The van der Waals surface area contributed by atoms with Crippen LogP contribution in [0.2, 0.25) is 0 Å². The van der Waals surface area contributed by atoms with Gasteiger partial charge < -0.3 is 0 Å². The van der Waals surface area contributed by atoms with Gasteiger partial charge in [-0.3, -0.25) is 0 Å². The number of aromatic nitrogens is 3. The van der Waals surface area contributed by atoms with Crippen LogP contribution in [0.25, 0.3) is 63.4 Å². The second-order valence-corrected chi connectivity index (χ2v) is 19.0. The summed E-state index contributed by atoms with van der Waals surface area (Å²) in [6, 6.07) is 29.7. The van der Waals surface area contributed by atoms with Gasteiger partial charge in [0.25, 0.3) is 0 Å². The van der Waals surface area contributed by atoms with Gasteiger partial charge in [0.15, 0.2) is 10.8 Å². The molecule has 0 radical (unpaired) electrons.